The number of hydrogen-bond acceptors (Lipinski definition) is 1. The molecule has 1 unspecified atom stereocenters. The highest BCUT2D eigenvalue weighted by atomic mass is 35.5. The van der Waals surface area contributed by atoms with Crippen LogP contribution in [0.25, 0.3) is 0 Å². The molecule has 1 aromatic rings. The van der Waals surface area contributed by atoms with Gasteiger partial charge in [-0.15, -0.1) is 0 Å². The molecule has 0 bridgehead atoms. The number of carboxylic acids is 1. The van der Waals surface area contributed by atoms with Crippen LogP contribution in [-0.2, 0) is 10.2 Å². The molecule has 0 aliphatic rings. The molecular weight excluding hydrogens is 224 g/mol. The van der Waals surface area contributed by atoms with Crippen LogP contribution < -0.4 is 0 Å². The van der Waals surface area contributed by atoms with Gasteiger partial charge in [0.25, 0.3) is 0 Å². The third-order valence-corrected chi connectivity index (χ3v) is 2.99. The summed E-state index contributed by atoms with van der Waals surface area (Å²) >= 11 is 5.90. The minimum atomic E-state index is -0.862. The first-order valence-corrected chi connectivity index (χ1v) is 5.73. The normalized spacial score (nSPS) is 14.8. The van der Waals surface area contributed by atoms with Crippen molar-refractivity contribution in [2.45, 2.75) is 32.6 Å². The molecule has 0 amide bonds. The summed E-state index contributed by atoms with van der Waals surface area (Å²) in [5.74, 6) is -0.483. The van der Waals surface area contributed by atoms with E-state index < -0.39 is 11.4 Å². The molecule has 1 atom stereocenters. The Balaban J connectivity index is 3.16. The van der Waals surface area contributed by atoms with Gasteiger partial charge in [-0.1, -0.05) is 37.6 Å². The second-order valence-corrected chi connectivity index (χ2v) is 5.18. The SMILES string of the molecule is CC(C)CC(C)(C(=O)O)c1cccc(Cl)c1. The largest absolute Gasteiger partial charge is 0.481 e. The lowest BCUT2D eigenvalue weighted by Crippen LogP contribution is -2.33. The molecule has 1 rings (SSSR count). The first kappa shape index (κ1) is 13.0. The van der Waals surface area contributed by atoms with E-state index in [2.05, 4.69) is 0 Å². The highest BCUT2D eigenvalue weighted by molar-refractivity contribution is 6.30. The smallest absolute Gasteiger partial charge is 0.313 e. The van der Waals surface area contributed by atoms with Crippen LogP contribution in [0, 0.1) is 5.92 Å². The van der Waals surface area contributed by atoms with Gasteiger partial charge in [0.05, 0.1) is 5.41 Å². The van der Waals surface area contributed by atoms with Gasteiger partial charge in [0.1, 0.15) is 0 Å². The van der Waals surface area contributed by atoms with Crippen molar-refractivity contribution in [3.63, 3.8) is 0 Å². The summed E-state index contributed by atoms with van der Waals surface area (Å²) in [6.45, 7) is 5.79. The molecule has 1 aromatic carbocycles. The molecule has 0 radical (unpaired) electrons. The zero-order valence-corrected chi connectivity index (χ0v) is 10.6. The molecule has 0 saturated heterocycles. The maximum absolute atomic E-state index is 11.4. The summed E-state index contributed by atoms with van der Waals surface area (Å²) < 4.78 is 0. The van der Waals surface area contributed by atoms with Crippen LogP contribution in [-0.4, -0.2) is 11.1 Å². The van der Waals surface area contributed by atoms with E-state index in [0.717, 1.165) is 5.56 Å². The minimum Gasteiger partial charge on any atom is -0.481 e. The first-order chi connectivity index (χ1) is 7.36. The lowest BCUT2D eigenvalue weighted by Gasteiger charge is -2.27. The van der Waals surface area contributed by atoms with Gasteiger partial charge < -0.3 is 5.11 Å². The molecule has 3 heteroatoms. The molecule has 2 nitrogen and oxygen atoms in total. The minimum absolute atomic E-state index is 0.320. The standard InChI is InChI=1S/C13H17ClO2/c1-9(2)8-13(3,12(15)16)10-5-4-6-11(14)7-10/h4-7,9H,8H2,1-3H3,(H,15,16). The van der Waals surface area contributed by atoms with E-state index in [4.69, 9.17) is 11.6 Å². The molecule has 0 fully saturated rings. The molecule has 0 aliphatic heterocycles. The van der Waals surface area contributed by atoms with Gasteiger partial charge >= 0.3 is 5.97 Å². The second kappa shape index (κ2) is 4.88. The van der Waals surface area contributed by atoms with Crippen molar-refractivity contribution in [2.75, 3.05) is 0 Å². The number of aliphatic carboxylic acids is 1. The van der Waals surface area contributed by atoms with Crippen molar-refractivity contribution in [3.05, 3.63) is 34.9 Å². The monoisotopic (exact) mass is 240 g/mol. The Labute approximate surface area is 101 Å². The van der Waals surface area contributed by atoms with E-state index in [1.54, 1.807) is 25.1 Å². The Hall–Kier alpha value is -1.02. The maximum atomic E-state index is 11.4. The number of halogens is 1. The number of rotatable bonds is 4. The highest BCUT2D eigenvalue weighted by Gasteiger charge is 2.35. The maximum Gasteiger partial charge on any atom is 0.313 e. The average molecular weight is 241 g/mol. The molecular formula is C13H17ClO2. The fourth-order valence-corrected chi connectivity index (χ4v) is 2.17. The molecule has 16 heavy (non-hydrogen) atoms. The number of carboxylic acid groups (broad SMARTS) is 1. The average Bonchev–Trinajstić information content (AvgIpc) is 2.16. The lowest BCUT2D eigenvalue weighted by molar-refractivity contribution is -0.143. The molecule has 0 spiro atoms. The predicted octanol–water partition coefficient (Wildman–Crippen LogP) is 3.73. The van der Waals surface area contributed by atoms with Gasteiger partial charge in [0.15, 0.2) is 0 Å². The van der Waals surface area contributed by atoms with E-state index in [0.29, 0.717) is 17.4 Å². The molecule has 0 heterocycles. The van der Waals surface area contributed by atoms with Crippen LogP contribution in [0.5, 0.6) is 0 Å². The van der Waals surface area contributed by atoms with E-state index in [1.165, 1.54) is 0 Å². The summed E-state index contributed by atoms with van der Waals surface area (Å²) in [7, 11) is 0. The Bertz CT molecular complexity index is 387. The van der Waals surface area contributed by atoms with Crippen LogP contribution in [0.4, 0.5) is 0 Å². The van der Waals surface area contributed by atoms with E-state index in [-0.39, 0.29) is 0 Å². The van der Waals surface area contributed by atoms with Crippen molar-refractivity contribution in [1.82, 2.24) is 0 Å². The van der Waals surface area contributed by atoms with E-state index >= 15 is 0 Å². The number of hydrogen-bond donors (Lipinski definition) is 1. The summed E-state index contributed by atoms with van der Waals surface area (Å²) in [5, 5.41) is 9.96. The fourth-order valence-electron chi connectivity index (χ4n) is 1.98. The topological polar surface area (TPSA) is 37.3 Å². The van der Waals surface area contributed by atoms with Gasteiger partial charge in [0.2, 0.25) is 0 Å². The van der Waals surface area contributed by atoms with Gasteiger partial charge in [-0.25, -0.2) is 0 Å². The first-order valence-electron chi connectivity index (χ1n) is 5.35. The van der Waals surface area contributed by atoms with E-state index in [1.807, 2.05) is 19.9 Å². The number of benzene rings is 1. The lowest BCUT2D eigenvalue weighted by atomic mass is 9.76. The quantitative estimate of drug-likeness (QED) is 0.871. The number of carbonyl (C=O) groups is 1. The summed E-state index contributed by atoms with van der Waals surface area (Å²) in [6.07, 6.45) is 0.600. The molecule has 0 aliphatic carbocycles. The summed E-state index contributed by atoms with van der Waals surface area (Å²) in [5.41, 5.74) is -0.0970. The van der Waals surface area contributed by atoms with Crippen LogP contribution in [0.3, 0.4) is 0 Å². The predicted molar refractivity (Wildman–Crippen MR) is 65.9 cm³/mol. The summed E-state index contributed by atoms with van der Waals surface area (Å²) in [4.78, 5) is 11.4. The molecule has 0 aromatic heterocycles. The molecule has 88 valence electrons. The second-order valence-electron chi connectivity index (χ2n) is 4.75. The van der Waals surface area contributed by atoms with Gasteiger partial charge in [-0.3, -0.25) is 4.79 Å². The van der Waals surface area contributed by atoms with Crippen molar-refractivity contribution >= 4 is 17.6 Å². The Kier molecular flexibility index (Phi) is 3.98. The summed E-state index contributed by atoms with van der Waals surface area (Å²) in [6, 6.07) is 7.10. The van der Waals surface area contributed by atoms with E-state index in [9.17, 15) is 9.90 Å². The third kappa shape index (κ3) is 2.76. The van der Waals surface area contributed by atoms with Crippen LogP contribution in [0.15, 0.2) is 24.3 Å². The van der Waals surface area contributed by atoms with Crippen molar-refractivity contribution in [1.29, 1.82) is 0 Å². The van der Waals surface area contributed by atoms with Crippen LogP contribution in [0.2, 0.25) is 5.02 Å². The van der Waals surface area contributed by atoms with Gasteiger partial charge in [-0.05, 0) is 37.0 Å². The Morgan fingerprint density at radius 3 is 2.56 bits per heavy atom. The molecule has 0 saturated carbocycles. The molecule has 1 N–H and O–H groups in total. The third-order valence-electron chi connectivity index (χ3n) is 2.75. The van der Waals surface area contributed by atoms with Crippen LogP contribution in [0.1, 0.15) is 32.8 Å². The van der Waals surface area contributed by atoms with Crippen molar-refractivity contribution in [3.8, 4) is 0 Å². The highest BCUT2D eigenvalue weighted by Crippen LogP contribution is 2.32. The zero-order valence-electron chi connectivity index (χ0n) is 9.83. The van der Waals surface area contributed by atoms with Crippen molar-refractivity contribution in [2.24, 2.45) is 5.92 Å². The Morgan fingerprint density at radius 2 is 2.12 bits per heavy atom. The van der Waals surface area contributed by atoms with Gasteiger partial charge in [-0.2, -0.15) is 0 Å². The Morgan fingerprint density at radius 1 is 1.50 bits per heavy atom. The zero-order chi connectivity index (χ0) is 12.3. The fraction of sp³-hybridized carbons (Fsp3) is 0.462. The van der Waals surface area contributed by atoms with Crippen molar-refractivity contribution < 1.29 is 9.90 Å². The van der Waals surface area contributed by atoms with Gasteiger partial charge in [0, 0.05) is 5.02 Å². The van der Waals surface area contributed by atoms with Crippen LogP contribution >= 0.6 is 11.6 Å².